The molecule has 2 fully saturated rings. The third-order valence-electron chi connectivity index (χ3n) is 4.46. The lowest BCUT2D eigenvalue weighted by molar-refractivity contribution is 0.0837. The Morgan fingerprint density at radius 3 is 2.61 bits per heavy atom. The number of likely N-dealkylation sites (tertiary alicyclic amines) is 1. The zero-order chi connectivity index (χ0) is 12.5. The zero-order valence-corrected chi connectivity index (χ0v) is 12.1. The summed E-state index contributed by atoms with van der Waals surface area (Å²) in [6.07, 6.45) is 4.93. The van der Waals surface area contributed by atoms with Crippen LogP contribution >= 0.6 is 11.8 Å². The molecule has 98 valence electrons. The highest BCUT2D eigenvalue weighted by Crippen LogP contribution is 2.29. The van der Waals surface area contributed by atoms with Gasteiger partial charge in [0, 0.05) is 36.6 Å². The van der Waals surface area contributed by atoms with E-state index in [0.717, 1.165) is 18.6 Å². The molecular weight excluding hydrogens is 240 g/mol. The van der Waals surface area contributed by atoms with Crippen molar-refractivity contribution in [3.05, 3.63) is 29.8 Å². The third kappa shape index (κ3) is 2.44. The number of rotatable bonds is 3. The molecule has 2 nitrogen and oxygen atoms in total. The molecule has 2 atom stereocenters. The summed E-state index contributed by atoms with van der Waals surface area (Å²) in [6, 6.07) is 10.6. The first-order valence-corrected chi connectivity index (χ1v) is 8.06. The number of benzene rings is 1. The van der Waals surface area contributed by atoms with Gasteiger partial charge in [0.1, 0.15) is 0 Å². The van der Waals surface area contributed by atoms with Crippen LogP contribution in [-0.4, -0.2) is 48.3 Å². The third-order valence-corrected chi connectivity index (χ3v) is 5.19. The number of thioether (sulfide) groups is 1. The van der Waals surface area contributed by atoms with Crippen LogP contribution in [0.5, 0.6) is 0 Å². The standard InChI is InChI=1S/C15H22N2S/c1-16-13-6-7-14(16)11-17(10-13)9-12-4-3-5-15(8-12)18-2/h3-5,8,13-14H,6-7,9-11H2,1-2H3. The predicted octanol–water partition coefficient (Wildman–Crippen LogP) is 2.69. The SMILES string of the molecule is CSc1cccc(CN2CC3CCC(C2)N3C)c1. The molecule has 2 saturated heterocycles. The van der Waals surface area contributed by atoms with Gasteiger partial charge in [-0.25, -0.2) is 0 Å². The van der Waals surface area contributed by atoms with Crippen LogP contribution in [0.4, 0.5) is 0 Å². The van der Waals surface area contributed by atoms with Crippen molar-refractivity contribution in [1.82, 2.24) is 9.80 Å². The molecule has 0 radical (unpaired) electrons. The fraction of sp³-hybridized carbons (Fsp3) is 0.600. The minimum absolute atomic E-state index is 0.799. The van der Waals surface area contributed by atoms with Crippen molar-refractivity contribution >= 4 is 11.8 Å². The van der Waals surface area contributed by atoms with Crippen molar-refractivity contribution in [2.45, 2.75) is 36.4 Å². The summed E-state index contributed by atoms with van der Waals surface area (Å²) >= 11 is 1.83. The lowest BCUT2D eigenvalue weighted by Gasteiger charge is -2.39. The molecule has 2 aliphatic rings. The molecule has 0 aliphatic carbocycles. The summed E-state index contributed by atoms with van der Waals surface area (Å²) in [6.45, 7) is 3.61. The van der Waals surface area contributed by atoms with Gasteiger partial charge < -0.3 is 0 Å². The second-order valence-corrected chi connectivity index (χ2v) is 6.48. The van der Waals surface area contributed by atoms with Crippen molar-refractivity contribution < 1.29 is 0 Å². The van der Waals surface area contributed by atoms with E-state index in [2.05, 4.69) is 47.4 Å². The summed E-state index contributed by atoms with van der Waals surface area (Å²) in [5, 5.41) is 0. The number of likely N-dealkylation sites (N-methyl/N-ethyl adjacent to an activating group) is 1. The molecule has 3 heteroatoms. The van der Waals surface area contributed by atoms with Gasteiger partial charge in [0.15, 0.2) is 0 Å². The average Bonchev–Trinajstić information content (AvgIpc) is 2.62. The van der Waals surface area contributed by atoms with Crippen LogP contribution in [0.3, 0.4) is 0 Å². The molecule has 2 heterocycles. The molecule has 0 saturated carbocycles. The Hall–Kier alpha value is -0.510. The van der Waals surface area contributed by atoms with Gasteiger partial charge in [0.05, 0.1) is 0 Å². The Morgan fingerprint density at radius 1 is 1.22 bits per heavy atom. The van der Waals surface area contributed by atoms with Gasteiger partial charge in [-0.05, 0) is 43.8 Å². The van der Waals surface area contributed by atoms with Gasteiger partial charge in [-0.2, -0.15) is 0 Å². The Labute approximate surface area is 114 Å². The minimum atomic E-state index is 0.799. The topological polar surface area (TPSA) is 6.48 Å². The Kier molecular flexibility index (Phi) is 3.64. The van der Waals surface area contributed by atoms with Gasteiger partial charge in [-0.3, -0.25) is 9.80 Å². The number of hydrogen-bond donors (Lipinski definition) is 0. The van der Waals surface area contributed by atoms with Crippen molar-refractivity contribution in [3.63, 3.8) is 0 Å². The summed E-state index contributed by atoms with van der Waals surface area (Å²) in [5.74, 6) is 0. The summed E-state index contributed by atoms with van der Waals surface area (Å²) in [7, 11) is 2.30. The van der Waals surface area contributed by atoms with Crippen molar-refractivity contribution in [1.29, 1.82) is 0 Å². The van der Waals surface area contributed by atoms with Gasteiger partial charge >= 0.3 is 0 Å². The maximum Gasteiger partial charge on any atom is 0.0235 e. The number of nitrogens with zero attached hydrogens (tertiary/aromatic N) is 2. The van der Waals surface area contributed by atoms with E-state index in [1.807, 2.05) is 11.8 Å². The number of fused-ring (bicyclic) bond motifs is 2. The van der Waals surface area contributed by atoms with Gasteiger partial charge in [0.2, 0.25) is 0 Å². The first kappa shape index (κ1) is 12.5. The van der Waals surface area contributed by atoms with E-state index >= 15 is 0 Å². The van der Waals surface area contributed by atoms with Gasteiger partial charge in [-0.1, -0.05) is 12.1 Å². The predicted molar refractivity (Wildman–Crippen MR) is 78.1 cm³/mol. The lowest BCUT2D eigenvalue weighted by Crippen LogP contribution is -2.51. The van der Waals surface area contributed by atoms with Crippen LogP contribution in [0, 0.1) is 0 Å². The average molecular weight is 262 g/mol. The van der Waals surface area contributed by atoms with Gasteiger partial charge in [-0.15, -0.1) is 11.8 Å². The summed E-state index contributed by atoms with van der Waals surface area (Å²) < 4.78 is 0. The molecule has 2 aliphatic heterocycles. The molecule has 18 heavy (non-hydrogen) atoms. The van der Waals surface area contributed by atoms with E-state index in [1.54, 1.807) is 0 Å². The zero-order valence-electron chi connectivity index (χ0n) is 11.3. The molecule has 2 unspecified atom stereocenters. The fourth-order valence-corrected chi connectivity index (χ4v) is 3.84. The Balaban J connectivity index is 1.66. The maximum absolute atomic E-state index is 2.64. The van der Waals surface area contributed by atoms with Crippen LogP contribution in [0.2, 0.25) is 0 Å². The fourth-order valence-electron chi connectivity index (χ4n) is 3.36. The van der Waals surface area contributed by atoms with Crippen LogP contribution in [-0.2, 0) is 6.54 Å². The van der Waals surface area contributed by atoms with Crippen molar-refractivity contribution in [2.24, 2.45) is 0 Å². The molecule has 3 rings (SSSR count). The Morgan fingerprint density at radius 2 is 1.94 bits per heavy atom. The first-order chi connectivity index (χ1) is 8.76. The van der Waals surface area contributed by atoms with Crippen LogP contribution < -0.4 is 0 Å². The van der Waals surface area contributed by atoms with E-state index < -0.39 is 0 Å². The molecule has 1 aromatic rings. The highest BCUT2D eigenvalue weighted by Gasteiger charge is 2.37. The molecule has 0 aromatic heterocycles. The molecule has 2 bridgehead atoms. The van der Waals surface area contributed by atoms with E-state index in [1.165, 1.54) is 36.4 Å². The first-order valence-electron chi connectivity index (χ1n) is 6.83. The van der Waals surface area contributed by atoms with Gasteiger partial charge in [0.25, 0.3) is 0 Å². The Bertz CT molecular complexity index is 407. The number of hydrogen-bond acceptors (Lipinski definition) is 3. The van der Waals surface area contributed by atoms with E-state index in [9.17, 15) is 0 Å². The lowest BCUT2D eigenvalue weighted by atomic mass is 10.1. The molecule has 0 spiro atoms. The summed E-state index contributed by atoms with van der Waals surface area (Å²) in [5.41, 5.74) is 1.46. The summed E-state index contributed by atoms with van der Waals surface area (Å²) in [4.78, 5) is 6.61. The largest absolute Gasteiger partial charge is 0.298 e. The second-order valence-electron chi connectivity index (χ2n) is 5.60. The van der Waals surface area contributed by atoms with Crippen molar-refractivity contribution in [3.8, 4) is 0 Å². The van der Waals surface area contributed by atoms with E-state index in [-0.39, 0.29) is 0 Å². The van der Waals surface area contributed by atoms with Crippen molar-refractivity contribution in [2.75, 3.05) is 26.4 Å². The quantitative estimate of drug-likeness (QED) is 0.773. The van der Waals surface area contributed by atoms with E-state index in [0.29, 0.717) is 0 Å². The van der Waals surface area contributed by atoms with Crippen LogP contribution in [0.1, 0.15) is 18.4 Å². The van der Waals surface area contributed by atoms with Crippen LogP contribution in [0.15, 0.2) is 29.2 Å². The molecule has 0 amide bonds. The van der Waals surface area contributed by atoms with E-state index in [4.69, 9.17) is 0 Å². The highest BCUT2D eigenvalue weighted by atomic mass is 32.2. The molecule has 0 N–H and O–H groups in total. The maximum atomic E-state index is 2.64. The number of piperazine rings is 1. The monoisotopic (exact) mass is 262 g/mol. The smallest absolute Gasteiger partial charge is 0.0235 e. The minimum Gasteiger partial charge on any atom is -0.298 e. The second kappa shape index (κ2) is 5.24. The van der Waals surface area contributed by atoms with Crippen LogP contribution in [0.25, 0.3) is 0 Å². The highest BCUT2D eigenvalue weighted by molar-refractivity contribution is 7.98. The molecular formula is C15H22N2S. The molecule has 1 aromatic carbocycles. The normalized spacial score (nSPS) is 28.8.